The van der Waals surface area contributed by atoms with Gasteiger partial charge in [0.05, 0.1) is 10.8 Å². The molecule has 0 aliphatic carbocycles. The molecule has 1 saturated heterocycles. The standard InChI is InChI=1S/C24H31N3O4S/c1-4-14-26(15-5-2)32(30,31)21-12-10-20(11-13-21)25-24(29)19-16-23(28)27(17-19)22-9-7-6-8-18(22)3/h6-13,19H,4-5,14-17H2,1-3H3,(H,25,29). The van der Waals surface area contributed by atoms with E-state index in [2.05, 4.69) is 5.32 Å². The third kappa shape index (κ3) is 5.19. The van der Waals surface area contributed by atoms with E-state index in [-0.39, 0.29) is 23.1 Å². The number of sulfonamides is 1. The normalized spacial score (nSPS) is 16.6. The summed E-state index contributed by atoms with van der Waals surface area (Å²) in [5.74, 6) is -0.786. The molecule has 1 fully saturated rings. The highest BCUT2D eigenvalue weighted by Gasteiger charge is 2.35. The average Bonchev–Trinajstić information content (AvgIpc) is 3.16. The smallest absolute Gasteiger partial charge is 0.243 e. The number of carbonyl (C=O) groups is 2. The fraction of sp³-hybridized carbons (Fsp3) is 0.417. The molecule has 1 N–H and O–H groups in total. The number of anilines is 2. The number of nitrogens with one attached hydrogen (secondary N) is 1. The number of carbonyl (C=O) groups excluding carboxylic acids is 2. The molecule has 32 heavy (non-hydrogen) atoms. The van der Waals surface area contributed by atoms with Crippen LogP contribution in [0.2, 0.25) is 0 Å². The summed E-state index contributed by atoms with van der Waals surface area (Å²) in [6.45, 7) is 7.11. The van der Waals surface area contributed by atoms with Crippen molar-refractivity contribution < 1.29 is 18.0 Å². The van der Waals surface area contributed by atoms with Crippen LogP contribution in [0.15, 0.2) is 53.4 Å². The van der Waals surface area contributed by atoms with Crippen molar-refractivity contribution in [3.8, 4) is 0 Å². The van der Waals surface area contributed by atoms with E-state index in [1.54, 1.807) is 17.0 Å². The molecule has 1 heterocycles. The lowest BCUT2D eigenvalue weighted by Crippen LogP contribution is -2.32. The van der Waals surface area contributed by atoms with Crippen LogP contribution < -0.4 is 10.2 Å². The molecule has 1 atom stereocenters. The van der Waals surface area contributed by atoms with Gasteiger partial charge in [-0.3, -0.25) is 9.59 Å². The van der Waals surface area contributed by atoms with Crippen molar-refractivity contribution >= 4 is 33.2 Å². The lowest BCUT2D eigenvalue weighted by molar-refractivity contribution is -0.122. The van der Waals surface area contributed by atoms with E-state index in [0.717, 1.165) is 24.1 Å². The molecule has 0 saturated carbocycles. The number of amides is 2. The molecule has 8 heteroatoms. The van der Waals surface area contributed by atoms with Crippen LogP contribution in [0.5, 0.6) is 0 Å². The maximum Gasteiger partial charge on any atom is 0.243 e. The Morgan fingerprint density at radius 3 is 2.28 bits per heavy atom. The first-order chi connectivity index (χ1) is 15.3. The molecule has 2 aromatic carbocycles. The maximum atomic E-state index is 12.9. The average molecular weight is 458 g/mol. The Balaban J connectivity index is 1.67. The molecule has 2 amide bonds. The van der Waals surface area contributed by atoms with E-state index >= 15 is 0 Å². The SMILES string of the molecule is CCCN(CCC)S(=O)(=O)c1ccc(NC(=O)C2CC(=O)N(c3ccccc3C)C2)cc1. The first-order valence-corrected chi connectivity index (χ1v) is 12.5. The summed E-state index contributed by atoms with van der Waals surface area (Å²) >= 11 is 0. The second-order valence-electron chi connectivity index (χ2n) is 8.11. The molecule has 3 rings (SSSR count). The lowest BCUT2D eigenvalue weighted by atomic mass is 10.1. The van der Waals surface area contributed by atoms with E-state index in [1.165, 1.54) is 16.4 Å². The molecule has 1 aliphatic heterocycles. The largest absolute Gasteiger partial charge is 0.326 e. The number of nitrogens with zero attached hydrogens (tertiary/aromatic N) is 2. The zero-order valence-electron chi connectivity index (χ0n) is 18.9. The second-order valence-corrected chi connectivity index (χ2v) is 10.0. The molecule has 2 aromatic rings. The third-order valence-electron chi connectivity index (χ3n) is 5.61. The molecule has 0 spiro atoms. The van der Waals surface area contributed by atoms with Crippen molar-refractivity contribution in [2.75, 3.05) is 29.9 Å². The number of benzene rings is 2. The molecular formula is C24H31N3O4S. The van der Waals surface area contributed by atoms with Crippen LogP contribution >= 0.6 is 0 Å². The molecule has 7 nitrogen and oxygen atoms in total. The van der Waals surface area contributed by atoms with Crippen LogP contribution in [0, 0.1) is 12.8 Å². The summed E-state index contributed by atoms with van der Waals surface area (Å²) in [5.41, 5.74) is 2.32. The van der Waals surface area contributed by atoms with Gasteiger partial charge in [0.15, 0.2) is 0 Å². The number of aryl methyl sites for hydroxylation is 1. The quantitative estimate of drug-likeness (QED) is 0.621. The van der Waals surface area contributed by atoms with Gasteiger partial charge in [-0.05, 0) is 55.7 Å². The number of rotatable bonds is 9. The molecule has 172 valence electrons. The van der Waals surface area contributed by atoms with Gasteiger partial charge in [-0.1, -0.05) is 32.0 Å². The Morgan fingerprint density at radius 1 is 1.06 bits per heavy atom. The predicted octanol–water partition coefficient (Wildman–Crippen LogP) is 3.80. The van der Waals surface area contributed by atoms with Crippen molar-refractivity contribution in [2.45, 2.75) is 44.9 Å². The molecule has 0 radical (unpaired) electrons. The van der Waals surface area contributed by atoms with Gasteiger partial charge in [0.1, 0.15) is 0 Å². The summed E-state index contributed by atoms with van der Waals surface area (Å²) in [6, 6.07) is 13.8. The highest BCUT2D eigenvalue weighted by atomic mass is 32.2. The van der Waals surface area contributed by atoms with Gasteiger partial charge in [-0.25, -0.2) is 8.42 Å². The highest BCUT2D eigenvalue weighted by molar-refractivity contribution is 7.89. The third-order valence-corrected chi connectivity index (χ3v) is 7.52. The van der Waals surface area contributed by atoms with Crippen molar-refractivity contribution in [3.63, 3.8) is 0 Å². The van der Waals surface area contributed by atoms with Crippen molar-refractivity contribution in [1.29, 1.82) is 0 Å². The van der Waals surface area contributed by atoms with Crippen LogP contribution in [-0.2, 0) is 19.6 Å². The minimum absolute atomic E-state index is 0.0761. The van der Waals surface area contributed by atoms with Gasteiger partial charge < -0.3 is 10.2 Å². The van der Waals surface area contributed by atoms with Gasteiger partial charge in [0.2, 0.25) is 21.8 Å². The summed E-state index contributed by atoms with van der Waals surface area (Å²) in [6.07, 6.45) is 1.63. The minimum atomic E-state index is -3.57. The van der Waals surface area contributed by atoms with Crippen molar-refractivity contribution in [1.82, 2.24) is 4.31 Å². The number of para-hydroxylation sites is 1. The first kappa shape index (κ1) is 23.9. The van der Waals surface area contributed by atoms with E-state index < -0.39 is 15.9 Å². The van der Waals surface area contributed by atoms with E-state index in [0.29, 0.717) is 25.3 Å². The monoisotopic (exact) mass is 457 g/mol. The lowest BCUT2D eigenvalue weighted by Gasteiger charge is -2.21. The van der Waals surface area contributed by atoms with Crippen molar-refractivity contribution in [3.05, 3.63) is 54.1 Å². The minimum Gasteiger partial charge on any atom is -0.326 e. The summed E-state index contributed by atoms with van der Waals surface area (Å²) in [5, 5.41) is 2.82. The molecule has 1 aliphatic rings. The Hall–Kier alpha value is -2.71. The summed E-state index contributed by atoms with van der Waals surface area (Å²) in [4.78, 5) is 27.1. The Morgan fingerprint density at radius 2 is 1.69 bits per heavy atom. The fourth-order valence-electron chi connectivity index (χ4n) is 3.94. The van der Waals surface area contributed by atoms with E-state index in [1.807, 2.05) is 45.0 Å². The topological polar surface area (TPSA) is 86.8 Å². The molecular weight excluding hydrogens is 426 g/mol. The van der Waals surface area contributed by atoms with Gasteiger partial charge in [0.25, 0.3) is 0 Å². The fourth-order valence-corrected chi connectivity index (χ4v) is 5.56. The second kappa shape index (κ2) is 10.3. The first-order valence-electron chi connectivity index (χ1n) is 11.0. The number of hydrogen-bond acceptors (Lipinski definition) is 4. The zero-order valence-corrected chi connectivity index (χ0v) is 19.7. The van der Waals surface area contributed by atoms with Crippen LogP contribution in [0.25, 0.3) is 0 Å². The Labute approximate surface area is 190 Å². The van der Waals surface area contributed by atoms with Crippen LogP contribution in [0.1, 0.15) is 38.7 Å². The van der Waals surface area contributed by atoms with E-state index in [4.69, 9.17) is 0 Å². The van der Waals surface area contributed by atoms with Crippen molar-refractivity contribution in [2.24, 2.45) is 5.92 Å². The number of hydrogen-bond donors (Lipinski definition) is 1. The van der Waals surface area contributed by atoms with Gasteiger partial charge >= 0.3 is 0 Å². The summed E-state index contributed by atoms with van der Waals surface area (Å²) in [7, 11) is -3.57. The molecule has 1 unspecified atom stereocenters. The van der Waals surface area contributed by atoms with Crippen LogP contribution in [-0.4, -0.2) is 44.2 Å². The van der Waals surface area contributed by atoms with Gasteiger partial charge in [-0.2, -0.15) is 4.31 Å². The van der Waals surface area contributed by atoms with Gasteiger partial charge in [0, 0.05) is 37.4 Å². The van der Waals surface area contributed by atoms with E-state index in [9.17, 15) is 18.0 Å². The molecule has 0 bridgehead atoms. The Bertz CT molecular complexity index is 1060. The van der Waals surface area contributed by atoms with Gasteiger partial charge in [-0.15, -0.1) is 0 Å². The predicted molar refractivity (Wildman–Crippen MR) is 126 cm³/mol. The van der Waals surface area contributed by atoms with Crippen LogP contribution in [0.3, 0.4) is 0 Å². The van der Waals surface area contributed by atoms with Crippen LogP contribution in [0.4, 0.5) is 11.4 Å². The summed E-state index contributed by atoms with van der Waals surface area (Å²) < 4.78 is 27.3. The maximum absolute atomic E-state index is 12.9. The highest BCUT2D eigenvalue weighted by Crippen LogP contribution is 2.28. The molecule has 0 aromatic heterocycles. The zero-order chi connectivity index (χ0) is 23.3. The Kier molecular flexibility index (Phi) is 7.69.